The van der Waals surface area contributed by atoms with E-state index in [0.29, 0.717) is 42.6 Å². The molecule has 2 amide bonds. The minimum Gasteiger partial charge on any atom is -0.297 e. The molecule has 0 radical (unpaired) electrons. The first-order chi connectivity index (χ1) is 14.0. The molecule has 0 spiro atoms. The highest BCUT2D eigenvalue weighted by Crippen LogP contribution is 2.31. The Morgan fingerprint density at radius 3 is 2.66 bits per heavy atom. The minimum absolute atomic E-state index is 0.0597. The van der Waals surface area contributed by atoms with Crippen molar-refractivity contribution >= 4 is 18.1 Å². The molecule has 0 bridgehead atoms. The van der Waals surface area contributed by atoms with Crippen LogP contribution in [0.1, 0.15) is 49.9 Å². The summed E-state index contributed by atoms with van der Waals surface area (Å²) < 4.78 is 0. The smallest absolute Gasteiger partial charge is 0.242 e. The zero-order valence-electron chi connectivity index (χ0n) is 16.8. The number of hydroxylamine groups is 2. The predicted molar refractivity (Wildman–Crippen MR) is 103 cm³/mol. The second-order valence-corrected chi connectivity index (χ2v) is 8.05. The van der Waals surface area contributed by atoms with Crippen molar-refractivity contribution in [3.63, 3.8) is 0 Å². The number of hydrogen-bond acceptors (Lipinski definition) is 7. The largest absolute Gasteiger partial charge is 0.297 e. The van der Waals surface area contributed by atoms with Crippen LogP contribution < -0.4 is 5.43 Å². The SMILES string of the molecule is Cc1cnc(CC(=O)[C@@H]2CCNN2C(=O)[C@H](CC2CCCC2)CN(O)C=O)nc1. The van der Waals surface area contributed by atoms with Gasteiger partial charge in [-0.25, -0.2) is 20.5 Å². The van der Waals surface area contributed by atoms with Crippen molar-refractivity contribution in [2.45, 2.75) is 57.9 Å². The van der Waals surface area contributed by atoms with Gasteiger partial charge in [-0.2, -0.15) is 0 Å². The van der Waals surface area contributed by atoms with Gasteiger partial charge in [0.1, 0.15) is 11.9 Å². The molecule has 158 valence electrons. The van der Waals surface area contributed by atoms with E-state index in [2.05, 4.69) is 15.4 Å². The Labute approximate surface area is 170 Å². The van der Waals surface area contributed by atoms with Crippen LogP contribution in [0.2, 0.25) is 0 Å². The lowest BCUT2D eigenvalue weighted by Crippen LogP contribution is -2.51. The second-order valence-electron chi connectivity index (χ2n) is 8.05. The Hall–Kier alpha value is -2.39. The van der Waals surface area contributed by atoms with Gasteiger partial charge in [0.15, 0.2) is 5.78 Å². The number of hydrogen-bond donors (Lipinski definition) is 2. The normalized spacial score (nSPS) is 20.6. The maximum Gasteiger partial charge on any atom is 0.242 e. The topological polar surface area (TPSA) is 116 Å². The lowest BCUT2D eigenvalue weighted by molar-refractivity contribution is -0.159. The van der Waals surface area contributed by atoms with Gasteiger partial charge in [-0.05, 0) is 31.2 Å². The Morgan fingerprint density at radius 1 is 1.31 bits per heavy atom. The van der Waals surface area contributed by atoms with Gasteiger partial charge in [-0.3, -0.25) is 24.6 Å². The molecule has 9 nitrogen and oxygen atoms in total. The summed E-state index contributed by atoms with van der Waals surface area (Å²) in [6.07, 6.45) is 9.20. The quantitative estimate of drug-likeness (QED) is 0.360. The summed E-state index contributed by atoms with van der Waals surface area (Å²) in [4.78, 5) is 45.3. The second kappa shape index (κ2) is 9.89. The third-order valence-corrected chi connectivity index (χ3v) is 5.76. The van der Waals surface area contributed by atoms with E-state index in [-0.39, 0.29) is 24.7 Å². The fourth-order valence-corrected chi connectivity index (χ4v) is 4.25. The average Bonchev–Trinajstić information content (AvgIpc) is 3.40. The van der Waals surface area contributed by atoms with Gasteiger partial charge in [0.2, 0.25) is 12.3 Å². The fourth-order valence-electron chi connectivity index (χ4n) is 4.25. The van der Waals surface area contributed by atoms with E-state index in [4.69, 9.17) is 0 Å². The minimum atomic E-state index is -0.596. The molecular formula is C20H29N5O4. The van der Waals surface area contributed by atoms with Gasteiger partial charge in [0, 0.05) is 18.9 Å². The molecule has 2 atom stereocenters. The summed E-state index contributed by atoms with van der Waals surface area (Å²) in [6.45, 7) is 2.32. The predicted octanol–water partition coefficient (Wildman–Crippen LogP) is 1.05. The van der Waals surface area contributed by atoms with Crippen LogP contribution in [0.4, 0.5) is 0 Å². The van der Waals surface area contributed by atoms with Crippen LogP contribution in [0, 0.1) is 18.8 Å². The standard InChI is InChI=1S/C20H29N5O4/c1-14-10-21-19(22-11-14)9-18(27)17-6-7-23-25(17)20(28)16(12-24(29)13-26)8-15-4-2-3-5-15/h10-11,13,15-17,23,29H,2-9,12H2,1H3/t16-,17+/m1/s1. The average molecular weight is 403 g/mol. The van der Waals surface area contributed by atoms with Crippen LogP contribution in [0.15, 0.2) is 12.4 Å². The van der Waals surface area contributed by atoms with Crippen LogP contribution in [0.3, 0.4) is 0 Å². The van der Waals surface area contributed by atoms with Crippen molar-refractivity contribution in [1.82, 2.24) is 25.5 Å². The molecular weight excluding hydrogens is 374 g/mol. The third kappa shape index (κ3) is 5.57. The van der Waals surface area contributed by atoms with Crippen LogP contribution in [0.5, 0.6) is 0 Å². The first-order valence-corrected chi connectivity index (χ1v) is 10.3. The zero-order valence-corrected chi connectivity index (χ0v) is 16.8. The monoisotopic (exact) mass is 403 g/mol. The van der Waals surface area contributed by atoms with Crippen LogP contribution >= 0.6 is 0 Å². The van der Waals surface area contributed by atoms with E-state index in [9.17, 15) is 19.6 Å². The summed E-state index contributed by atoms with van der Waals surface area (Å²) in [5.41, 5.74) is 3.93. The van der Waals surface area contributed by atoms with Crippen LogP contribution in [-0.2, 0) is 20.8 Å². The van der Waals surface area contributed by atoms with Crippen molar-refractivity contribution in [2.75, 3.05) is 13.1 Å². The molecule has 1 saturated carbocycles. The number of carbonyl (C=O) groups is 3. The molecule has 2 aliphatic rings. The van der Waals surface area contributed by atoms with Crippen molar-refractivity contribution in [2.24, 2.45) is 11.8 Å². The molecule has 0 aromatic carbocycles. The fraction of sp³-hybridized carbons (Fsp3) is 0.650. The summed E-state index contributed by atoms with van der Waals surface area (Å²) in [5.74, 6) is -0.0852. The first kappa shape index (κ1) is 21.3. The van der Waals surface area contributed by atoms with Crippen molar-refractivity contribution < 1.29 is 19.6 Å². The molecule has 9 heteroatoms. The van der Waals surface area contributed by atoms with E-state index < -0.39 is 12.0 Å². The Balaban J connectivity index is 1.68. The van der Waals surface area contributed by atoms with E-state index in [1.165, 1.54) is 5.01 Å². The highest BCUT2D eigenvalue weighted by Gasteiger charge is 2.38. The highest BCUT2D eigenvalue weighted by atomic mass is 16.5. The molecule has 2 N–H and O–H groups in total. The maximum atomic E-state index is 13.2. The molecule has 3 rings (SSSR count). The first-order valence-electron chi connectivity index (χ1n) is 10.3. The van der Waals surface area contributed by atoms with Gasteiger partial charge < -0.3 is 0 Å². The number of aromatic nitrogens is 2. The molecule has 2 heterocycles. The van der Waals surface area contributed by atoms with Gasteiger partial charge in [0.05, 0.1) is 18.9 Å². The number of nitrogens with zero attached hydrogens (tertiary/aromatic N) is 4. The molecule has 1 aliphatic carbocycles. The molecule has 1 aliphatic heterocycles. The summed E-state index contributed by atoms with van der Waals surface area (Å²) in [5, 5.41) is 11.6. The molecule has 0 unspecified atom stereocenters. The van der Waals surface area contributed by atoms with Crippen molar-refractivity contribution in [1.29, 1.82) is 0 Å². The van der Waals surface area contributed by atoms with E-state index in [1.54, 1.807) is 12.4 Å². The molecule has 1 aromatic heterocycles. The van der Waals surface area contributed by atoms with Gasteiger partial charge in [-0.1, -0.05) is 25.7 Å². The van der Waals surface area contributed by atoms with E-state index in [1.807, 2.05) is 6.92 Å². The van der Waals surface area contributed by atoms with E-state index >= 15 is 0 Å². The van der Waals surface area contributed by atoms with E-state index in [0.717, 1.165) is 31.2 Å². The van der Waals surface area contributed by atoms with Gasteiger partial charge in [0.25, 0.3) is 0 Å². The third-order valence-electron chi connectivity index (χ3n) is 5.76. The number of aryl methyl sites for hydroxylation is 1. The number of Topliss-reactive ketones (excluding diaryl/α,β-unsaturated/α-hetero) is 1. The Kier molecular flexibility index (Phi) is 7.27. The number of hydrazine groups is 1. The van der Waals surface area contributed by atoms with Gasteiger partial charge in [-0.15, -0.1) is 0 Å². The highest BCUT2D eigenvalue weighted by molar-refractivity contribution is 5.91. The van der Waals surface area contributed by atoms with Crippen molar-refractivity contribution in [3.05, 3.63) is 23.8 Å². The number of rotatable bonds is 9. The summed E-state index contributed by atoms with van der Waals surface area (Å²) in [6, 6.07) is -0.596. The summed E-state index contributed by atoms with van der Waals surface area (Å²) in [7, 11) is 0. The molecule has 1 saturated heterocycles. The number of carbonyl (C=O) groups excluding carboxylic acids is 3. The lowest BCUT2D eigenvalue weighted by atomic mass is 9.91. The number of nitrogens with one attached hydrogen (secondary N) is 1. The molecule has 29 heavy (non-hydrogen) atoms. The zero-order chi connectivity index (χ0) is 20.8. The lowest BCUT2D eigenvalue weighted by Gasteiger charge is -2.29. The number of ketones is 1. The molecule has 1 aromatic rings. The van der Waals surface area contributed by atoms with Crippen molar-refractivity contribution in [3.8, 4) is 0 Å². The Bertz CT molecular complexity index is 720. The maximum absolute atomic E-state index is 13.2. The molecule has 2 fully saturated rings. The van der Waals surface area contributed by atoms with Gasteiger partial charge >= 0.3 is 0 Å². The number of amides is 2. The Morgan fingerprint density at radius 2 is 2.00 bits per heavy atom. The van der Waals surface area contributed by atoms with Crippen LogP contribution in [0.25, 0.3) is 0 Å². The van der Waals surface area contributed by atoms with Crippen LogP contribution in [-0.4, -0.2) is 62.5 Å². The summed E-state index contributed by atoms with van der Waals surface area (Å²) >= 11 is 0.